The van der Waals surface area contributed by atoms with Gasteiger partial charge in [0.2, 0.25) is 0 Å². The van der Waals surface area contributed by atoms with Gasteiger partial charge in [0.15, 0.2) is 0 Å². The summed E-state index contributed by atoms with van der Waals surface area (Å²) in [5, 5.41) is 11.6. The molecule has 0 bridgehead atoms. The van der Waals surface area contributed by atoms with E-state index >= 15 is 0 Å². The van der Waals surface area contributed by atoms with Crippen molar-refractivity contribution < 1.29 is 9.94 Å². The van der Waals surface area contributed by atoms with E-state index in [1.807, 2.05) is 18.2 Å². The van der Waals surface area contributed by atoms with Crippen molar-refractivity contribution in [3.63, 3.8) is 0 Å². The number of hydrogen-bond acceptors (Lipinski definition) is 4. The quantitative estimate of drug-likeness (QED) is 0.331. The van der Waals surface area contributed by atoms with Crippen molar-refractivity contribution in [2.45, 2.75) is 26.8 Å². The Hall–Kier alpha value is -1.75. The van der Waals surface area contributed by atoms with E-state index in [0.717, 1.165) is 30.9 Å². The Kier molecular flexibility index (Phi) is 6.87. The van der Waals surface area contributed by atoms with Crippen LogP contribution in [0.1, 0.15) is 25.8 Å². The van der Waals surface area contributed by atoms with Gasteiger partial charge in [-0.25, -0.2) is 0 Å². The molecular weight excluding hydrogens is 254 g/mol. The van der Waals surface area contributed by atoms with E-state index in [9.17, 15) is 0 Å². The second-order valence-electron chi connectivity index (χ2n) is 5.28. The topological polar surface area (TPSA) is 71.1 Å². The van der Waals surface area contributed by atoms with Gasteiger partial charge in [-0.1, -0.05) is 37.2 Å². The number of para-hydroxylation sites is 1. The Morgan fingerprint density at radius 1 is 1.40 bits per heavy atom. The fourth-order valence-corrected chi connectivity index (χ4v) is 2.15. The number of hydrogen-bond donors (Lipinski definition) is 2. The summed E-state index contributed by atoms with van der Waals surface area (Å²) in [6.45, 7) is 6.86. The van der Waals surface area contributed by atoms with Crippen LogP contribution in [0, 0.1) is 5.92 Å². The van der Waals surface area contributed by atoms with Gasteiger partial charge in [-0.15, -0.1) is 0 Å². The smallest absolute Gasteiger partial charge is 0.140 e. The summed E-state index contributed by atoms with van der Waals surface area (Å²) < 4.78 is 5.38. The van der Waals surface area contributed by atoms with E-state index in [-0.39, 0.29) is 5.84 Å². The number of rotatable bonds is 8. The third-order valence-corrected chi connectivity index (χ3v) is 3.02. The van der Waals surface area contributed by atoms with E-state index in [1.54, 1.807) is 7.11 Å². The minimum Gasteiger partial charge on any atom is -0.496 e. The third kappa shape index (κ3) is 5.48. The van der Waals surface area contributed by atoms with Gasteiger partial charge in [-0.05, 0) is 12.0 Å². The average molecular weight is 279 g/mol. The fraction of sp³-hybridized carbons (Fsp3) is 0.533. The van der Waals surface area contributed by atoms with Gasteiger partial charge >= 0.3 is 0 Å². The number of nitrogens with zero attached hydrogens (tertiary/aromatic N) is 2. The van der Waals surface area contributed by atoms with Crippen LogP contribution in [-0.2, 0) is 6.54 Å². The molecule has 0 saturated heterocycles. The largest absolute Gasteiger partial charge is 0.496 e. The van der Waals surface area contributed by atoms with E-state index < -0.39 is 0 Å². The van der Waals surface area contributed by atoms with Crippen molar-refractivity contribution in [1.82, 2.24) is 4.90 Å². The normalized spacial score (nSPS) is 12.2. The number of benzene rings is 1. The molecule has 0 aliphatic rings. The molecule has 0 spiro atoms. The van der Waals surface area contributed by atoms with Crippen molar-refractivity contribution in [2.75, 3.05) is 20.2 Å². The van der Waals surface area contributed by atoms with Crippen LogP contribution in [0.2, 0.25) is 0 Å². The molecule has 0 unspecified atom stereocenters. The minimum atomic E-state index is 0.263. The van der Waals surface area contributed by atoms with Crippen LogP contribution in [0.5, 0.6) is 5.75 Å². The molecule has 5 nitrogen and oxygen atoms in total. The molecule has 0 radical (unpaired) electrons. The van der Waals surface area contributed by atoms with Crippen molar-refractivity contribution in [1.29, 1.82) is 0 Å². The number of methoxy groups -OCH3 is 1. The highest BCUT2D eigenvalue weighted by Crippen LogP contribution is 2.19. The van der Waals surface area contributed by atoms with Gasteiger partial charge in [-0.3, -0.25) is 4.90 Å². The standard InChI is InChI=1S/C15H25N3O2/c1-12(2)10-18(9-8-15(16)17-19)11-13-6-4-5-7-14(13)20-3/h4-7,12,19H,8-11H2,1-3H3,(H2,16,17). The molecule has 3 N–H and O–H groups in total. The first-order chi connectivity index (χ1) is 9.56. The molecule has 0 aliphatic carbocycles. The molecule has 20 heavy (non-hydrogen) atoms. The number of amidine groups is 1. The predicted octanol–water partition coefficient (Wildman–Crippen LogP) is 2.29. The molecule has 112 valence electrons. The number of oxime groups is 1. The first-order valence-electron chi connectivity index (χ1n) is 6.87. The Morgan fingerprint density at radius 2 is 2.10 bits per heavy atom. The lowest BCUT2D eigenvalue weighted by atomic mass is 10.1. The third-order valence-electron chi connectivity index (χ3n) is 3.02. The Balaban J connectivity index is 2.72. The van der Waals surface area contributed by atoms with Crippen LogP contribution in [0.4, 0.5) is 0 Å². The van der Waals surface area contributed by atoms with Gasteiger partial charge in [0, 0.05) is 31.6 Å². The predicted molar refractivity (Wildman–Crippen MR) is 81.1 cm³/mol. The van der Waals surface area contributed by atoms with Crippen molar-refractivity contribution in [3.05, 3.63) is 29.8 Å². The summed E-state index contributed by atoms with van der Waals surface area (Å²) in [4.78, 5) is 2.29. The van der Waals surface area contributed by atoms with Crippen molar-refractivity contribution >= 4 is 5.84 Å². The summed E-state index contributed by atoms with van der Waals surface area (Å²) in [6, 6.07) is 8.00. The zero-order valence-electron chi connectivity index (χ0n) is 12.5. The molecule has 0 aliphatic heterocycles. The van der Waals surface area contributed by atoms with Crippen LogP contribution in [0.3, 0.4) is 0 Å². The summed E-state index contributed by atoms with van der Waals surface area (Å²) in [6.07, 6.45) is 0.554. The highest BCUT2D eigenvalue weighted by Gasteiger charge is 2.11. The van der Waals surface area contributed by atoms with Crippen molar-refractivity contribution in [2.24, 2.45) is 16.8 Å². The highest BCUT2D eigenvalue weighted by atomic mass is 16.5. The summed E-state index contributed by atoms with van der Waals surface area (Å²) in [7, 11) is 1.68. The van der Waals surface area contributed by atoms with E-state index in [1.165, 1.54) is 0 Å². The lowest BCUT2D eigenvalue weighted by Gasteiger charge is -2.25. The molecule has 5 heteroatoms. The Bertz CT molecular complexity index is 433. The fourth-order valence-electron chi connectivity index (χ4n) is 2.15. The van der Waals surface area contributed by atoms with Gasteiger partial charge in [-0.2, -0.15) is 0 Å². The molecule has 0 aromatic heterocycles. The minimum absolute atomic E-state index is 0.263. The van der Waals surface area contributed by atoms with Gasteiger partial charge < -0.3 is 15.7 Å². The van der Waals surface area contributed by atoms with Gasteiger partial charge in [0.05, 0.1) is 7.11 Å². The van der Waals surface area contributed by atoms with Crippen molar-refractivity contribution in [3.8, 4) is 5.75 Å². The lowest BCUT2D eigenvalue weighted by Crippen LogP contribution is -2.31. The van der Waals surface area contributed by atoms with Crippen LogP contribution in [0.25, 0.3) is 0 Å². The van der Waals surface area contributed by atoms with Crippen LogP contribution in [-0.4, -0.2) is 36.1 Å². The molecule has 0 amide bonds. The molecule has 1 rings (SSSR count). The molecule has 0 saturated carbocycles. The molecule has 1 aromatic carbocycles. The first kappa shape index (κ1) is 16.3. The first-order valence-corrected chi connectivity index (χ1v) is 6.87. The number of ether oxygens (including phenoxy) is 1. The number of nitrogens with two attached hydrogens (primary N) is 1. The Morgan fingerprint density at radius 3 is 2.70 bits per heavy atom. The SMILES string of the molecule is COc1ccccc1CN(CCC(N)=NO)CC(C)C. The maximum atomic E-state index is 8.63. The van der Waals surface area contributed by atoms with Crippen LogP contribution >= 0.6 is 0 Å². The summed E-state index contributed by atoms with van der Waals surface area (Å²) in [5.41, 5.74) is 6.70. The maximum Gasteiger partial charge on any atom is 0.140 e. The summed E-state index contributed by atoms with van der Waals surface area (Å²) in [5.74, 6) is 1.71. The van der Waals surface area contributed by atoms with Crippen LogP contribution < -0.4 is 10.5 Å². The van der Waals surface area contributed by atoms with Gasteiger partial charge in [0.25, 0.3) is 0 Å². The monoisotopic (exact) mass is 279 g/mol. The van der Waals surface area contributed by atoms with Gasteiger partial charge in [0.1, 0.15) is 11.6 Å². The molecule has 0 atom stereocenters. The van der Waals surface area contributed by atoms with E-state index in [0.29, 0.717) is 12.3 Å². The Labute approximate surface area is 121 Å². The zero-order valence-corrected chi connectivity index (χ0v) is 12.5. The van der Waals surface area contributed by atoms with Crippen LogP contribution in [0.15, 0.2) is 29.4 Å². The van der Waals surface area contributed by atoms with E-state index in [4.69, 9.17) is 15.7 Å². The molecule has 0 fully saturated rings. The second kappa shape index (κ2) is 8.43. The average Bonchev–Trinajstić information content (AvgIpc) is 2.44. The zero-order chi connectivity index (χ0) is 15.0. The molecule has 0 heterocycles. The highest BCUT2D eigenvalue weighted by molar-refractivity contribution is 5.79. The molecule has 1 aromatic rings. The molecular formula is C15H25N3O2. The maximum absolute atomic E-state index is 8.63. The lowest BCUT2D eigenvalue weighted by molar-refractivity contribution is 0.237. The summed E-state index contributed by atoms with van der Waals surface area (Å²) >= 11 is 0. The van der Waals surface area contributed by atoms with E-state index in [2.05, 4.69) is 30.0 Å². The second-order valence-corrected chi connectivity index (χ2v) is 5.28.